The number of primary sulfonamides is 1. The Bertz CT molecular complexity index is 1580. The van der Waals surface area contributed by atoms with Crippen molar-refractivity contribution in [2.45, 2.75) is 69.2 Å². The van der Waals surface area contributed by atoms with Gasteiger partial charge >= 0.3 is 6.18 Å². The number of hydrogen-bond acceptors (Lipinski definition) is 6. The average molecular weight is 620 g/mol. The van der Waals surface area contributed by atoms with Gasteiger partial charge in [0.05, 0.1) is 35.4 Å². The quantitative estimate of drug-likeness (QED) is 0.295. The zero-order valence-corrected chi connectivity index (χ0v) is 25.9. The second-order valence-corrected chi connectivity index (χ2v) is 12.4. The van der Waals surface area contributed by atoms with Crippen molar-refractivity contribution < 1.29 is 26.3 Å². The summed E-state index contributed by atoms with van der Waals surface area (Å²) < 4.78 is 71.0. The van der Waals surface area contributed by atoms with Crippen LogP contribution in [0.4, 0.5) is 24.5 Å². The molecular weight excluding hydrogens is 579 g/mol. The molecule has 43 heavy (non-hydrogen) atoms. The fourth-order valence-electron chi connectivity index (χ4n) is 5.89. The number of nitrogens with two attached hydrogens (primary N) is 1. The van der Waals surface area contributed by atoms with Crippen molar-refractivity contribution in [2.75, 3.05) is 44.0 Å². The van der Waals surface area contributed by atoms with Gasteiger partial charge in [-0.2, -0.15) is 13.2 Å². The van der Waals surface area contributed by atoms with Crippen molar-refractivity contribution >= 4 is 32.3 Å². The number of nitrogens with one attached hydrogen (secondary N) is 1. The standard InChI is InChI=1S/C31H40F3N5O3S/c1-5-38(6-2)23-14-12-22(13-15-23)36-27-10-7-11-28-26(27)19-24(39(28)21-31(32,33)34)9-8-18-37(3)29-17-16-25(43(35,40)41)20-30(29)42-4/h7,10-11,16-17,19-20,22-23,36H,5-6,12-15,18,21H2,1-4H3,(H2,35,40,41). The third-order valence-corrected chi connectivity index (χ3v) is 9.00. The molecule has 1 saturated carbocycles. The first-order valence-corrected chi connectivity index (χ1v) is 16.0. The molecule has 0 aliphatic heterocycles. The van der Waals surface area contributed by atoms with Crippen LogP contribution in [0.1, 0.15) is 45.2 Å². The Morgan fingerprint density at radius 3 is 2.40 bits per heavy atom. The van der Waals surface area contributed by atoms with Gasteiger partial charge in [-0.25, -0.2) is 13.6 Å². The molecule has 0 bridgehead atoms. The number of fused-ring (bicyclic) bond motifs is 1. The van der Waals surface area contributed by atoms with E-state index in [2.05, 4.69) is 35.9 Å². The maximum absolute atomic E-state index is 13.7. The molecule has 3 N–H and O–H groups in total. The maximum Gasteiger partial charge on any atom is 0.406 e. The fourth-order valence-corrected chi connectivity index (χ4v) is 6.42. The predicted octanol–water partition coefficient (Wildman–Crippen LogP) is 5.41. The largest absolute Gasteiger partial charge is 0.495 e. The predicted molar refractivity (Wildman–Crippen MR) is 165 cm³/mol. The van der Waals surface area contributed by atoms with E-state index in [0.717, 1.165) is 44.5 Å². The van der Waals surface area contributed by atoms with Gasteiger partial charge in [0.15, 0.2) is 0 Å². The summed E-state index contributed by atoms with van der Waals surface area (Å²) >= 11 is 0. The van der Waals surface area contributed by atoms with Crippen LogP contribution in [0.15, 0.2) is 47.4 Å². The topological polar surface area (TPSA) is 92.8 Å². The Morgan fingerprint density at radius 1 is 1.09 bits per heavy atom. The molecule has 0 spiro atoms. The number of methoxy groups -OCH3 is 1. The summed E-state index contributed by atoms with van der Waals surface area (Å²) in [5, 5.41) is 9.54. The number of aromatic nitrogens is 1. The van der Waals surface area contributed by atoms with Gasteiger partial charge in [0, 0.05) is 36.3 Å². The summed E-state index contributed by atoms with van der Waals surface area (Å²) in [6.07, 6.45) is -0.249. The van der Waals surface area contributed by atoms with Crippen LogP contribution in [0.2, 0.25) is 0 Å². The number of rotatable bonds is 10. The molecule has 1 aliphatic rings. The molecular formula is C31H40F3N5O3S. The van der Waals surface area contributed by atoms with Crippen molar-refractivity contribution in [3.05, 3.63) is 48.2 Å². The molecule has 3 aromatic rings. The van der Waals surface area contributed by atoms with E-state index in [0.29, 0.717) is 22.6 Å². The number of benzene rings is 2. The summed E-state index contributed by atoms with van der Waals surface area (Å²) in [5.41, 5.74) is 2.10. The molecule has 1 heterocycles. The van der Waals surface area contributed by atoms with Gasteiger partial charge in [-0.1, -0.05) is 25.8 Å². The third-order valence-electron chi connectivity index (χ3n) is 8.09. The minimum atomic E-state index is -4.43. The number of nitrogens with zero attached hydrogens (tertiary/aromatic N) is 3. The van der Waals surface area contributed by atoms with E-state index in [4.69, 9.17) is 9.88 Å². The minimum absolute atomic E-state index is 0.0920. The molecule has 1 aliphatic carbocycles. The molecule has 12 heteroatoms. The number of ether oxygens (including phenoxy) is 1. The van der Waals surface area contributed by atoms with Gasteiger partial charge in [0.1, 0.15) is 12.3 Å². The Labute approximate surface area is 252 Å². The molecule has 0 radical (unpaired) electrons. The number of hydrogen-bond donors (Lipinski definition) is 2. The van der Waals surface area contributed by atoms with E-state index in [1.54, 1.807) is 36.2 Å². The van der Waals surface area contributed by atoms with Gasteiger partial charge in [-0.3, -0.25) is 0 Å². The van der Waals surface area contributed by atoms with E-state index in [-0.39, 0.29) is 28.9 Å². The van der Waals surface area contributed by atoms with Gasteiger partial charge in [-0.15, -0.1) is 0 Å². The van der Waals surface area contributed by atoms with Crippen molar-refractivity contribution in [1.82, 2.24) is 9.47 Å². The van der Waals surface area contributed by atoms with Crippen LogP contribution in [-0.2, 0) is 16.6 Å². The molecule has 234 valence electrons. The lowest BCUT2D eigenvalue weighted by molar-refractivity contribution is -0.140. The van der Waals surface area contributed by atoms with Crippen LogP contribution in [-0.4, -0.2) is 69.9 Å². The summed E-state index contributed by atoms with van der Waals surface area (Å²) in [6.45, 7) is 5.43. The van der Waals surface area contributed by atoms with Crippen LogP contribution in [0, 0.1) is 11.8 Å². The van der Waals surface area contributed by atoms with E-state index in [9.17, 15) is 21.6 Å². The molecule has 1 fully saturated rings. The highest BCUT2D eigenvalue weighted by atomic mass is 32.2. The fraction of sp³-hybridized carbons (Fsp3) is 0.484. The van der Waals surface area contributed by atoms with Gasteiger partial charge in [0.25, 0.3) is 0 Å². The Morgan fingerprint density at radius 2 is 1.79 bits per heavy atom. The highest BCUT2D eigenvalue weighted by Gasteiger charge is 2.30. The van der Waals surface area contributed by atoms with Crippen molar-refractivity contribution in [1.29, 1.82) is 0 Å². The lowest BCUT2D eigenvalue weighted by Crippen LogP contribution is -2.40. The molecule has 0 atom stereocenters. The Kier molecular flexibility index (Phi) is 10.2. The number of alkyl halides is 3. The normalized spacial score (nSPS) is 17.5. The summed E-state index contributed by atoms with van der Waals surface area (Å²) in [5.74, 6) is 6.20. The van der Waals surface area contributed by atoms with E-state index in [1.807, 2.05) is 6.07 Å². The number of sulfonamides is 1. The molecule has 1 aromatic heterocycles. The average Bonchev–Trinajstić information content (AvgIpc) is 3.30. The number of anilines is 2. The molecule has 0 amide bonds. The second-order valence-electron chi connectivity index (χ2n) is 10.9. The highest BCUT2D eigenvalue weighted by molar-refractivity contribution is 7.89. The second kappa shape index (κ2) is 13.5. The van der Waals surface area contributed by atoms with Crippen molar-refractivity contribution in [3.63, 3.8) is 0 Å². The zero-order valence-electron chi connectivity index (χ0n) is 25.0. The van der Waals surface area contributed by atoms with Crippen LogP contribution >= 0.6 is 0 Å². The third kappa shape index (κ3) is 7.96. The van der Waals surface area contributed by atoms with Crippen LogP contribution in [0.25, 0.3) is 10.9 Å². The van der Waals surface area contributed by atoms with E-state index in [1.165, 1.54) is 23.8 Å². The summed E-state index contributed by atoms with van der Waals surface area (Å²) in [7, 11) is -0.780. The summed E-state index contributed by atoms with van der Waals surface area (Å²) in [4.78, 5) is 4.12. The zero-order chi connectivity index (χ0) is 31.4. The SMILES string of the molecule is CCN(CC)C1CCC(Nc2cccc3c2cc(C#CCN(C)c2ccc(S(N)(=O)=O)cc2OC)n3CC(F)(F)F)CC1. The van der Waals surface area contributed by atoms with Crippen molar-refractivity contribution in [2.24, 2.45) is 5.14 Å². The smallest absolute Gasteiger partial charge is 0.406 e. The maximum atomic E-state index is 13.7. The Hall–Kier alpha value is -3.40. The van der Waals surface area contributed by atoms with E-state index >= 15 is 0 Å². The summed E-state index contributed by atoms with van der Waals surface area (Å²) in [6, 6.07) is 12.2. The molecule has 8 nitrogen and oxygen atoms in total. The Balaban J connectivity index is 1.58. The monoisotopic (exact) mass is 619 g/mol. The molecule has 0 saturated heterocycles. The lowest BCUT2D eigenvalue weighted by atomic mass is 9.90. The number of halogens is 3. The van der Waals surface area contributed by atoms with Gasteiger partial charge < -0.3 is 24.4 Å². The van der Waals surface area contributed by atoms with E-state index < -0.39 is 22.7 Å². The minimum Gasteiger partial charge on any atom is -0.495 e. The first kappa shape index (κ1) is 32.5. The van der Waals surface area contributed by atoms with Gasteiger partial charge in [-0.05, 0) is 75.0 Å². The highest BCUT2D eigenvalue weighted by Crippen LogP contribution is 2.33. The lowest BCUT2D eigenvalue weighted by Gasteiger charge is -2.36. The van der Waals surface area contributed by atoms with Crippen LogP contribution < -0.4 is 20.1 Å². The van der Waals surface area contributed by atoms with Gasteiger partial charge in [0.2, 0.25) is 10.0 Å². The molecule has 0 unspecified atom stereocenters. The first-order valence-electron chi connectivity index (χ1n) is 14.4. The molecule has 2 aromatic carbocycles. The van der Waals surface area contributed by atoms with Crippen LogP contribution in [0.3, 0.4) is 0 Å². The van der Waals surface area contributed by atoms with Crippen molar-refractivity contribution in [3.8, 4) is 17.6 Å². The molecule has 4 rings (SSSR count). The van der Waals surface area contributed by atoms with Crippen LogP contribution in [0.5, 0.6) is 5.75 Å². The first-order chi connectivity index (χ1) is 20.3.